The first-order chi connectivity index (χ1) is 7.74. The number of nitrogens with zero attached hydrogens (tertiary/aromatic N) is 3. The monoisotopic (exact) mass is 217 g/mol. The fourth-order valence-electron chi connectivity index (χ4n) is 1.43. The number of carbonyl (C=O) groups excluding carboxylic acids is 1. The second-order valence-electron chi connectivity index (χ2n) is 3.26. The molecule has 0 radical (unpaired) electrons. The van der Waals surface area contributed by atoms with E-state index in [0.29, 0.717) is 5.69 Å². The Hall–Kier alpha value is -2.17. The van der Waals surface area contributed by atoms with Gasteiger partial charge in [0.05, 0.1) is 18.5 Å². The fourth-order valence-corrected chi connectivity index (χ4v) is 1.43. The van der Waals surface area contributed by atoms with Crippen LogP contribution in [-0.4, -0.2) is 28.1 Å². The van der Waals surface area contributed by atoms with Crippen molar-refractivity contribution in [2.75, 3.05) is 7.11 Å². The number of rotatable bonds is 2. The Morgan fingerprint density at radius 1 is 1.31 bits per heavy atom. The van der Waals surface area contributed by atoms with E-state index in [1.165, 1.54) is 7.11 Å². The Kier molecular flexibility index (Phi) is 2.68. The third-order valence-electron chi connectivity index (χ3n) is 2.27. The quantitative estimate of drug-likeness (QED) is 0.713. The van der Waals surface area contributed by atoms with Crippen molar-refractivity contribution in [1.29, 1.82) is 0 Å². The van der Waals surface area contributed by atoms with E-state index >= 15 is 0 Å². The second kappa shape index (κ2) is 4.14. The number of ether oxygens (including phenoxy) is 1. The van der Waals surface area contributed by atoms with Crippen molar-refractivity contribution >= 4 is 5.97 Å². The van der Waals surface area contributed by atoms with E-state index < -0.39 is 5.97 Å². The molecule has 0 aliphatic carbocycles. The molecule has 2 rings (SSSR count). The number of carbonyl (C=O) groups is 1. The molecule has 0 aliphatic rings. The first kappa shape index (κ1) is 10.4. The highest BCUT2D eigenvalue weighted by molar-refractivity contribution is 5.88. The summed E-state index contributed by atoms with van der Waals surface area (Å²) in [6.45, 7) is 1.78. The molecule has 0 saturated heterocycles. The van der Waals surface area contributed by atoms with Gasteiger partial charge in [0.15, 0.2) is 5.69 Å². The van der Waals surface area contributed by atoms with E-state index in [-0.39, 0.29) is 5.69 Å². The Bertz CT molecular complexity index is 505. The molecule has 82 valence electrons. The van der Waals surface area contributed by atoms with E-state index in [9.17, 15) is 4.79 Å². The van der Waals surface area contributed by atoms with Gasteiger partial charge < -0.3 is 4.74 Å². The van der Waals surface area contributed by atoms with Gasteiger partial charge in [-0.1, -0.05) is 23.4 Å². The van der Waals surface area contributed by atoms with Gasteiger partial charge in [0.25, 0.3) is 0 Å². The highest BCUT2D eigenvalue weighted by atomic mass is 16.5. The maximum absolute atomic E-state index is 11.3. The van der Waals surface area contributed by atoms with E-state index in [4.69, 9.17) is 0 Å². The molecule has 1 aromatic heterocycles. The molecule has 0 fully saturated rings. The summed E-state index contributed by atoms with van der Waals surface area (Å²) in [6, 6.07) is 9.49. The minimum absolute atomic E-state index is 0.242. The number of methoxy groups -OCH3 is 1. The van der Waals surface area contributed by atoms with Crippen LogP contribution in [0.25, 0.3) is 5.69 Å². The first-order valence-electron chi connectivity index (χ1n) is 4.80. The molecule has 0 spiro atoms. The van der Waals surface area contributed by atoms with E-state index in [2.05, 4.69) is 15.0 Å². The lowest BCUT2D eigenvalue weighted by Gasteiger charge is -2.02. The summed E-state index contributed by atoms with van der Waals surface area (Å²) < 4.78 is 6.21. The molecule has 0 unspecified atom stereocenters. The number of aromatic nitrogens is 3. The molecule has 1 heterocycles. The van der Waals surface area contributed by atoms with Crippen LogP contribution in [0.4, 0.5) is 0 Å². The molecule has 5 nitrogen and oxygen atoms in total. The number of esters is 1. The summed E-state index contributed by atoms with van der Waals surface area (Å²) in [5.41, 5.74) is 1.77. The molecule has 0 amide bonds. The van der Waals surface area contributed by atoms with Crippen LogP contribution in [0, 0.1) is 6.92 Å². The van der Waals surface area contributed by atoms with Crippen LogP contribution in [0.5, 0.6) is 0 Å². The Morgan fingerprint density at radius 2 is 2.00 bits per heavy atom. The zero-order chi connectivity index (χ0) is 11.5. The van der Waals surface area contributed by atoms with E-state index in [1.54, 1.807) is 11.6 Å². The summed E-state index contributed by atoms with van der Waals surface area (Å²) in [5.74, 6) is -0.473. The maximum Gasteiger partial charge on any atom is 0.360 e. The summed E-state index contributed by atoms with van der Waals surface area (Å²) in [5, 5.41) is 7.72. The van der Waals surface area contributed by atoms with Crippen molar-refractivity contribution in [3.63, 3.8) is 0 Å². The van der Waals surface area contributed by atoms with Crippen LogP contribution in [-0.2, 0) is 4.74 Å². The number of hydrogen-bond donors (Lipinski definition) is 0. The second-order valence-corrected chi connectivity index (χ2v) is 3.26. The molecule has 0 saturated carbocycles. The summed E-state index contributed by atoms with van der Waals surface area (Å²) >= 11 is 0. The topological polar surface area (TPSA) is 57.0 Å². The van der Waals surface area contributed by atoms with Gasteiger partial charge in [-0.15, -0.1) is 5.10 Å². The van der Waals surface area contributed by atoms with Crippen molar-refractivity contribution in [3.05, 3.63) is 41.7 Å². The summed E-state index contributed by atoms with van der Waals surface area (Å²) in [7, 11) is 1.32. The van der Waals surface area contributed by atoms with Crippen LogP contribution in [0.2, 0.25) is 0 Å². The normalized spacial score (nSPS) is 10.1. The molecular weight excluding hydrogens is 206 g/mol. The predicted octanol–water partition coefficient (Wildman–Crippen LogP) is 1.36. The molecule has 5 heteroatoms. The molecule has 0 atom stereocenters. The molecule has 2 aromatic rings. The highest BCUT2D eigenvalue weighted by Crippen LogP contribution is 2.11. The minimum Gasteiger partial charge on any atom is -0.464 e. The van der Waals surface area contributed by atoms with Gasteiger partial charge in [-0.3, -0.25) is 0 Å². The number of para-hydroxylation sites is 1. The minimum atomic E-state index is -0.473. The largest absolute Gasteiger partial charge is 0.464 e. The van der Waals surface area contributed by atoms with Gasteiger partial charge >= 0.3 is 5.97 Å². The molecule has 0 N–H and O–H groups in total. The maximum atomic E-state index is 11.3. The highest BCUT2D eigenvalue weighted by Gasteiger charge is 2.17. The van der Waals surface area contributed by atoms with Crippen LogP contribution >= 0.6 is 0 Å². The Labute approximate surface area is 92.7 Å². The summed E-state index contributed by atoms with van der Waals surface area (Å²) in [6.07, 6.45) is 0. The van der Waals surface area contributed by atoms with Crippen molar-refractivity contribution in [2.24, 2.45) is 0 Å². The average Bonchev–Trinajstić information content (AvgIpc) is 2.71. The third kappa shape index (κ3) is 1.67. The predicted molar refractivity (Wildman–Crippen MR) is 57.4 cm³/mol. The van der Waals surface area contributed by atoms with E-state index in [1.807, 2.05) is 30.3 Å². The average molecular weight is 217 g/mol. The van der Waals surface area contributed by atoms with Crippen LogP contribution in [0.3, 0.4) is 0 Å². The zero-order valence-corrected chi connectivity index (χ0v) is 9.04. The zero-order valence-electron chi connectivity index (χ0n) is 9.04. The molecule has 0 aliphatic heterocycles. The van der Waals surface area contributed by atoms with Crippen LogP contribution in [0.1, 0.15) is 16.2 Å². The Balaban J connectivity index is 2.45. The van der Waals surface area contributed by atoms with Crippen molar-refractivity contribution in [1.82, 2.24) is 15.0 Å². The fraction of sp³-hybridized carbons (Fsp3) is 0.182. The summed E-state index contributed by atoms with van der Waals surface area (Å²) in [4.78, 5) is 11.3. The van der Waals surface area contributed by atoms with Gasteiger partial charge in [0, 0.05) is 0 Å². The van der Waals surface area contributed by atoms with E-state index in [0.717, 1.165) is 5.69 Å². The van der Waals surface area contributed by atoms with Crippen LogP contribution < -0.4 is 0 Å². The molecule has 16 heavy (non-hydrogen) atoms. The lowest BCUT2D eigenvalue weighted by Crippen LogP contribution is -2.05. The Morgan fingerprint density at radius 3 is 2.62 bits per heavy atom. The molecule has 0 bridgehead atoms. The third-order valence-corrected chi connectivity index (χ3v) is 2.27. The van der Waals surface area contributed by atoms with Crippen molar-refractivity contribution < 1.29 is 9.53 Å². The van der Waals surface area contributed by atoms with Crippen molar-refractivity contribution in [3.8, 4) is 5.69 Å². The van der Waals surface area contributed by atoms with Gasteiger partial charge in [0.2, 0.25) is 0 Å². The molecular formula is C11H11N3O2. The van der Waals surface area contributed by atoms with Crippen molar-refractivity contribution in [2.45, 2.75) is 6.92 Å². The SMILES string of the molecule is COC(=O)c1nnn(-c2ccccc2)c1C. The van der Waals surface area contributed by atoms with Gasteiger partial charge in [0.1, 0.15) is 0 Å². The van der Waals surface area contributed by atoms with Gasteiger partial charge in [-0.05, 0) is 19.1 Å². The number of hydrogen-bond acceptors (Lipinski definition) is 4. The van der Waals surface area contributed by atoms with Crippen LogP contribution in [0.15, 0.2) is 30.3 Å². The standard InChI is InChI=1S/C11H11N3O2/c1-8-10(11(15)16-2)12-13-14(8)9-6-4-3-5-7-9/h3-7H,1-2H3. The van der Waals surface area contributed by atoms with Gasteiger partial charge in [-0.2, -0.15) is 0 Å². The number of benzene rings is 1. The van der Waals surface area contributed by atoms with Gasteiger partial charge in [-0.25, -0.2) is 9.48 Å². The lowest BCUT2D eigenvalue weighted by atomic mass is 10.3. The molecule has 1 aromatic carbocycles. The lowest BCUT2D eigenvalue weighted by molar-refractivity contribution is 0.0593. The first-order valence-corrected chi connectivity index (χ1v) is 4.80. The smallest absolute Gasteiger partial charge is 0.360 e.